The van der Waals surface area contributed by atoms with Crippen molar-refractivity contribution in [2.45, 2.75) is 56.2 Å². The number of halogens is 9. The van der Waals surface area contributed by atoms with E-state index < -0.39 is 64.8 Å². The largest absolute Gasteiger partial charge is 0.465 e. The van der Waals surface area contributed by atoms with Crippen molar-refractivity contribution in [3.05, 3.63) is 64.2 Å². The summed E-state index contributed by atoms with van der Waals surface area (Å²) in [5.41, 5.74) is -5.77. The van der Waals surface area contributed by atoms with E-state index in [-0.39, 0.29) is 30.2 Å². The Morgan fingerprint density at radius 3 is 1.92 bits per heavy atom. The van der Waals surface area contributed by atoms with Crippen LogP contribution < -0.4 is 4.90 Å². The zero-order chi connectivity index (χ0) is 27.2. The minimum atomic E-state index is -5.20. The van der Waals surface area contributed by atoms with Crippen LogP contribution in [-0.4, -0.2) is 17.2 Å². The number of anilines is 1. The summed E-state index contributed by atoms with van der Waals surface area (Å²) in [5, 5.41) is 19.5. The second kappa shape index (κ2) is 9.22. The molecule has 0 radical (unpaired) electrons. The van der Waals surface area contributed by atoms with E-state index in [0.717, 1.165) is 11.0 Å². The van der Waals surface area contributed by atoms with Crippen LogP contribution in [0.4, 0.5) is 50.0 Å². The van der Waals surface area contributed by atoms with Crippen molar-refractivity contribution >= 4 is 11.8 Å². The predicted octanol–water partition coefficient (Wildman–Crippen LogP) is 7.80. The third-order valence-electron chi connectivity index (χ3n) is 6.09. The lowest BCUT2D eigenvalue weighted by molar-refractivity contribution is -0.143. The maximum absolute atomic E-state index is 13.4. The maximum Gasteiger partial charge on any atom is 0.416 e. The normalized spacial score (nSPS) is 19.4. The maximum atomic E-state index is 13.4. The summed E-state index contributed by atoms with van der Waals surface area (Å²) in [5.74, 6) is -3.06. The van der Waals surface area contributed by atoms with Gasteiger partial charge in [-0.1, -0.05) is 6.92 Å². The van der Waals surface area contributed by atoms with Crippen molar-refractivity contribution in [2.24, 2.45) is 0 Å². The van der Waals surface area contributed by atoms with Gasteiger partial charge >= 0.3 is 24.6 Å². The summed E-state index contributed by atoms with van der Waals surface area (Å²) in [6, 6.07) is 3.46. The Bertz CT molecular complexity index is 1160. The first-order chi connectivity index (χ1) is 16.5. The average molecular weight is 524 g/mol. The minimum Gasteiger partial charge on any atom is -0.465 e. The number of carbonyl (C=O) groups is 1. The number of hydrogen-bond donors (Lipinski definition) is 1. The second-order valence-electron chi connectivity index (χ2n) is 8.27. The molecule has 1 aliphatic rings. The molecule has 0 saturated heterocycles. The van der Waals surface area contributed by atoms with Gasteiger partial charge in [0.1, 0.15) is 0 Å². The van der Waals surface area contributed by atoms with Crippen LogP contribution in [0.1, 0.15) is 59.4 Å². The van der Waals surface area contributed by atoms with Gasteiger partial charge in [0.2, 0.25) is 0 Å². The van der Waals surface area contributed by atoms with E-state index in [4.69, 9.17) is 0 Å². The van der Waals surface area contributed by atoms with Crippen LogP contribution in [0.15, 0.2) is 36.4 Å². The summed E-state index contributed by atoms with van der Waals surface area (Å²) < 4.78 is 121. The highest BCUT2D eigenvalue weighted by Crippen LogP contribution is 2.49. The molecule has 194 valence electrons. The van der Waals surface area contributed by atoms with Crippen LogP contribution in [0, 0.1) is 11.3 Å². The molecule has 1 amide bonds. The van der Waals surface area contributed by atoms with Gasteiger partial charge in [0, 0.05) is 12.0 Å². The lowest BCUT2D eigenvalue weighted by Crippen LogP contribution is -2.44. The van der Waals surface area contributed by atoms with Crippen LogP contribution in [-0.2, 0) is 18.5 Å². The molecule has 3 atom stereocenters. The Labute approximate surface area is 198 Å². The van der Waals surface area contributed by atoms with Crippen LogP contribution in [0.2, 0.25) is 0 Å². The van der Waals surface area contributed by atoms with E-state index in [1.165, 1.54) is 0 Å². The molecule has 0 aliphatic carbocycles. The van der Waals surface area contributed by atoms with Crippen molar-refractivity contribution in [1.82, 2.24) is 0 Å². The van der Waals surface area contributed by atoms with E-state index in [0.29, 0.717) is 24.3 Å². The number of alkyl halides is 9. The molecule has 1 unspecified atom stereocenters. The molecule has 0 saturated carbocycles. The minimum absolute atomic E-state index is 0.116. The topological polar surface area (TPSA) is 64.3 Å². The highest BCUT2D eigenvalue weighted by Gasteiger charge is 2.43. The summed E-state index contributed by atoms with van der Waals surface area (Å²) in [4.78, 5) is 12.7. The van der Waals surface area contributed by atoms with Gasteiger partial charge in [0.05, 0.1) is 34.4 Å². The fraction of sp³-hybridized carbons (Fsp3) is 0.391. The van der Waals surface area contributed by atoms with Crippen LogP contribution in [0.3, 0.4) is 0 Å². The van der Waals surface area contributed by atoms with Gasteiger partial charge in [0.15, 0.2) is 0 Å². The van der Waals surface area contributed by atoms with Crippen molar-refractivity contribution < 1.29 is 49.4 Å². The Morgan fingerprint density at radius 2 is 1.50 bits per heavy atom. The molecule has 0 aromatic heterocycles. The number of fused-ring (bicyclic) bond motifs is 1. The fourth-order valence-corrected chi connectivity index (χ4v) is 4.45. The number of nitrogens with zero attached hydrogens (tertiary/aromatic N) is 2. The van der Waals surface area contributed by atoms with E-state index in [2.05, 4.69) is 0 Å². The number of hydrogen-bond acceptors (Lipinski definition) is 2. The molecular weight excluding hydrogens is 507 g/mol. The SMILES string of the molecule is CC[C@@H]1C[C@H](C(C#N)c2cc(C(F)(F)F)cc(C(F)(F)F)c2)c2cc(C(F)(F)F)ccc2N1C(=O)O. The fourth-order valence-electron chi connectivity index (χ4n) is 4.45. The molecule has 2 aromatic rings. The van der Waals surface area contributed by atoms with E-state index in [9.17, 15) is 54.7 Å². The summed E-state index contributed by atoms with van der Waals surface area (Å²) >= 11 is 0. The number of amides is 1. The first-order valence-corrected chi connectivity index (χ1v) is 10.4. The Morgan fingerprint density at radius 1 is 0.972 bits per heavy atom. The quantitative estimate of drug-likeness (QED) is 0.417. The molecule has 1 N–H and O–H groups in total. The smallest absolute Gasteiger partial charge is 0.416 e. The molecule has 1 heterocycles. The molecule has 3 rings (SSSR count). The molecule has 0 spiro atoms. The van der Waals surface area contributed by atoms with Crippen LogP contribution in [0.25, 0.3) is 0 Å². The first-order valence-electron chi connectivity index (χ1n) is 10.4. The van der Waals surface area contributed by atoms with Crippen molar-refractivity contribution in [1.29, 1.82) is 5.26 Å². The van der Waals surface area contributed by atoms with Crippen LogP contribution in [0.5, 0.6) is 0 Å². The van der Waals surface area contributed by atoms with Gasteiger partial charge in [-0.15, -0.1) is 0 Å². The Kier molecular flexibility index (Phi) is 6.96. The highest BCUT2D eigenvalue weighted by molar-refractivity contribution is 5.89. The lowest BCUT2D eigenvalue weighted by atomic mass is 9.74. The van der Waals surface area contributed by atoms with Crippen molar-refractivity contribution in [3.8, 4) is 6.07 Å². The van der Waals surface area contributed by atoms with E-state index in [1.54, 1.807) is 13.0 Å². The molecule has 13 heteroatoms. The molecule has 1 aliphatic heterocycles. The molecule has 0 fully saturated rings. The molecule has 4 nitrogen and oxygen atoms in total. The third kappa shape index (κ3) is 5.22. The lowest BCUT2D eigenvalue weighted by Gasteiger charge is -2.41. The van der Waals surface area contributed by atoms with Crippen molar-refractivity contribution in [3.63, 3.8) is 0 Å². The summed E-state index contributed by atoms with van der Waals surface area (Å²) in [6.07, 6.45) is -17.0. The molecule has 36 heavy (non-hydrogen) atoms. The predicted molar refractivity (Wildman–Crippen MR) is 108 cm³/mol. The molecule has 2 aromatic carbocycles. The van der Waals surface area contributed by atoms with Gasteiger partial charge < -0.3 is 5.11 Å². The number of rotatable bonds is 3. The average Bonchev–Trinajstić information content (AvgIpc) is 2.76. The van der Waals surface area contributed by atoms with Gasteiger partial charge in [0.25, 0.3) is 0 Å². The van der Waals surface area contributed by atoms with Gasteiger partial charge in [-0.05, 0) is 60.4 Å². The van der Waals surface area contributed by atoms with E-state index >= 15 is 0 Å². The zero-order valence-electron chi connectivity index (χ0n) is 18.3. The van der Waals surface area contributed by atoms with Gasteiger partial charge in [-0.3, -0.25) is 4.90 Å². The number of carboxylic acid groups (broad SMARTS) is 1. The summed E-state index contributed by atoms with van der Waals surface area (Å²) in [6.45, 7) is 1.56. The van der Waals surface area contributed by atoms with Gasteiger partial charge in [-0.25, -0.2) is 4.79 Å². The monoisotopic (exact) mass is 524 g/mol. The number of benzene rings is 2. The van der Waals surface area contributed by atoms with E-state index in [1.807, 2.05) is 0 Å². The van der Waals surface area contributed by atoms with Crippen LogP contribution >= 0.6 is 0 Å². The third-order valence-corrected chi connectivity index (χ3v) is 6.09. The Balaban J connectivity index is 2.28. The second-order valence-corrected chi connectivity index (χ2v) is 8.27. The first kappa shape index (κ1) is 27.2. The molecule has 0 bridgehead atoms. The Hall–Kier alpha value is -3.43. The number of nitriles is 1. The summed E-state index contributed by atoms with van der Waals surface area (Å²) in [7, 11) is 0. The zero-order valence-corrected chi connectivity index (χ0v) is 18.3. The standard InChI is InChI=1S/C23H17F9N2O2/c1-2-15-9-16(17-8-12(21(24,25)26)3-4-19(17)34(15)20(35)36)18(10-33)11-5-13(22(27,28)29)7-14(6-11)23(30,31)32/h3-8,15-16,18H,2,9H2,1H3,(H,35,36)/t15-,16+,18?/m1/s1. The molecular formula is C23H17F9N2O2. The van der Waals surface area contributed by atoms with Gasteiger partial charge in [-0.2, -0.15) is 44.8 Å². The van der Waals surface area contributed by atoms with Crippen molar-refractivity contribution in [2.75, 3.05) is 4.90 Å². The highest BCUT2D eigenvalue weighted by atomic mass is 19.4.